The van der Waals surface area contributed by atoms with Crippen LogP contribution in [0.4, 0.5) is 40.8 Å². The molecule has 0 amide bonds. The Hall–Kier alpha value is -6.25. The number of halogens is 8. The zero-order valence-corrected chi connectivity index (χ0v) is 33.0. The molecule has 6 aromatic rings. The molecule has 1 aliphatic carbocycles. The van der Waals surface area contributed by atoms with E-state index in [1.165, 1.54) is 28.3 Å². The summed E-state index contributed by atoms with van der Waals surface area (Å²) in [5.41, 5.74) is 7.01. The normalized spacial score (nSPS) is 14.3. The Morgan fingerprint density at radius 2 is 1.13 bits per heavy atom. The van der Waals surface area contributed by atoms with E-state index < -0.39 is 35.1 Å². The lowest BCUT2D eigenvalue weighted by Gasteiger charge is -2.11. The van der Waals surface area contributed by atoms with E-state index in [9.17, 15) is 30.7 Å². The van der Waals surface area contributed by atoms with Gasteiger partial charge in [0.1, 0.15) is 22.9 Å². The van der Waals surface area contributed by atoms with Gasteiger partial charge in [-0.1, -0.05) is 36.4 Å². The number of hydrogen-bond acceptors (Lipinski definition) is 6. The molecular formula is C44H40F8N6O3. The molecule has 320 valence electrons. The average Bonchev–Trinajstić information content (AvgIpc) is 3.54. The molecule has 9 nitrogen and oxygen atoms in total. The van der Waals surface area contributed by atoms with E-state index in [-0.39, 0.29) is 40.2 Å². The predicted octanol–water partition coefficient (Wildman–Crippen LogP) is 12.3. The van der Waals surface area contributed by atoms with Crippen LogP contribution in [0.5, 0.6) is 23.3 Å². The monoisotopic (exact) mass is 852 g/mol. The van der Waals surface area contributed by atoms with Gasteiger partial charge in [0.15, 0.2) is 5.69 Å². The third kappa shape index (κ3) is 10.7. The second kappa shape index (κ2) is 18.6. The highest BCUT2D eigenvalue weighted by molar-refractivity contribution is 5.67. The molecule has 1 saturated carbocycles. The number of benzene rings is 4. The molecule has 8 rings (SSSR count). The molecule has 0 spiro atoms. The van der Waals surface area contributed by atoms with Crippen LogP contribution in [0.2, 0.25) is 0 Å². The number of aryl methyl sites for hydroxylation is 2. The summed E-state index contributed by atoms with van der Waals surface area (Å²) in [5.74, 6) is -1.97. The Morgan fingerprint density at radius 3 is 1.51 bits per heavy atom. The maximum Gasteiger partial charge on any atom is 0.416 e. The van der Waals surface area contributed by atoms with Gasteiger partial charge in [0, 0.05) is 37.4 Å². The first-order valence-corrected chi connectivity index (χ1v) is 19.2. The van der Waals surface area contributed by atoms with Crippen molar-refractivity contribution < 1.29 is 49.3 Å². The summed E-state index contributed by atoms with van der Waals surface area (Å²) < 4.78 is 125. The summed E-state index contributed by atoms with van der Waals surface area (Å²) in [6.07, 6.45) is -4.59. The maximum atomic E-state index is 15.1. The quantitative estimate of drug-likeness (QED) is 0.115. The average molecular weight is 853 g/mol. The van der Waals surface area contributed by atoms with Gasteiger partial charge in [-0.15, -0.1) is 10.2 Å². The van der Waals surface area contributed by atoms with Crippen molar-refractivity contribution in [2.24, 2.45) is 5.73 Å². The van der Waals surface area contributed by atoms with Gasteiger partial charge in [-0.2, -0.15) is 35.1 Å². The molecule has 0 radical (unpaired) electrons. The van der Waals surface area contributed by atoms with Crippen molar-refractivity contribution in [2.75, 3.05) is 13.2 Å². The largest absolute Gasteiger partial charge is 0.435 e. The van der Waals surface area contributed by atoms with Gasteiger partial charge in [-0.25, -0.2) is 4.85 Å². The van der Waals surface area contributed by atoms with Crippen molar-refractivity contribution in [1.82, 2.24) is 19.6 Å². The SMILES string of the molecule is C1CCOC1.CCn1nc(Oc2ccc(C(F)(F)F)cc2)c(F)c1-c1cccc(C2(N)CC2)c1.[C-]#[N+]c1cccc(-c2c(F)c(Oc3ccc(C(F)(F)F)cc3)nn2CC)c1. The van der Waals surface area contributed by atoms with E-state index in [0.717, 1.165) is 80.1 Å². The van der Waals surface area contributed by atoms with E-state index in [1.54, 1.807) is 31.2 Å². The van der Waals surface area contributed by atoms with Crippen LogP contribution in [0.15, 0.2) is 97.1 Å². The summed E-state index contributed by atoms with van der Waals surface area (Å²) in [5, 5.41) is 8.19. The molecule has 1 aliphatic heterocycles. The molecule has 1 saturated heterocycles. The number of aromatic nitrogens is 4. The minimum absolute atomic E-state index is 0.0316. The van der Waals surface area contributed by atoms with Crippen molar-refractivity contribution in [1.29, 1.82) is 0 Å². The van der Waals surface area contributed by atoms with Gasteiger partial charge in [0.05, 0.1) is 17.7 Å². The van der Waals surface area contributed by atoms with E-state index in [0.29, 0.717) is 29.9 Å². The van der Waals surface area contributed by atoms with E-state index in [1.807, 2.05) is 25.1 Å². The van der Waals surface area contributed by atoms with Crippen LogP contribution in [-0.4, -0.2) is 32.8 Å². The fraction of sp³-hybridized carbons (Fsp3) is 0.295. The summed E-state index contributed by atoms with van der Waals surface area (Å²) in [7, 11) is 0. The van der Waals surface area contributed by atoms with E-state index >= 15 is 4.39 Å². The fourth-order valence-electron chi connectivity index (χ4n) is 6.26. The Kier molecular flexibility index (Phi) is 13.5. The van der Waals surface area contributed by atoms with Crippen LogP contribution in [0.3, 0.4) is 0 Å². The lowest BCUT2D eigenvalue weighted by molar-refractivity contribution is -0.138. The third-order valence-electron chi connectivity index (χ3n) is 9.70. The summed E-state index contributed by atoms with van der Waals surface area (Å²) in [6.45, 7) is 13.4. The smallest absolute Gasteiger partial charge is 0.416 e. The Balaban J connectivity index is 0.000000183. The zero-order chi connectivity index (χ0) is 44.0. The van der Waals surface area contributed by atoms with Gasteiger partial charge >= 0.3 is 12.4 Å². The van der Waals surface area contributed by atoms with Crippen molar-refractivity contribution >= 4 is 5.69 Å². The second-order valence-electron chi connectivity index (χ2n) is 14.0. The van der Waals surface area contributed by atoms with Gasteiger partial charge < -0.3 is 19.9 Å². The maximum absolute atomic E-state index is 15.1. The molecule has 4 aromatic carbocycles. The molecule has 0 unspecified atom stereocenters. The summed E-state index contributed by atoms with van der Waals surface area (Å²) >= 11 is 0. The van der Waals surface area contributed by atoms with Crippen LogP contribution in [-0.2, 0) is 35.7 Å². The molecule has 61 heavy (non-hydrogen) atoms. The zero-order valence-electron chi connectivity index (χ0n) is 33.0. The summed E-state index contributed by atoms with van der Waals surface area (Å²) in [6, 6.07) is 21.7. The van der Waals surface area contributed by atoms with Gasteiger partial charge in [0.25, 0.3) is 11.8 Å². The fourth-order valence-corrected chi connectivity index (χ4v) is 6.26. The Bertz CT molecular complexity index is 2460. The molecule has 2 fully saturated rings. The highest BCUT2D eigenvalue weighted by atomic mass is 19.4. The molecule has 2 aromatic heterocycles. The number of rotatable bonds is 9. The second-order valence-corrected chi connectivity index (χ2v) is 14.0. The third-order valence-corrected chi connectivity index (χ3v) is 9.70. The Morgan fingerprint density at radius 1 is 0.689 bits per heavy atom. The lowest BCUT2D eigenvalue weighted by Crippen LogP contribution is -2.18. The number of alkyl halides is 6. The molecule has 3 heterocycles. The van der Waals surface area contributed by atoms with Gasteiger partial charge in [-0.05, 0) is 111 Å². The highest BCUT2D eigenvalue weighted by Crippen LogP contribution is 2.44. The van der Waals surface area contributed by atoms with E-state index in [4.69, 9.17) is 26.5 Å². The van der Waals surface area contributed by atoms with Crippen LogP contribution >= 0.6 is 0 Å². The molecule has 17 heteroatoms. The van der Waals surface area contributed by atoms with E-state index in [2.05, 4.69) is 15.0 Å². The molecule has 2 aliphatic rings. The minimum Gasteiger partial charge on any atom is -0.435 e. The first kappa shape index (κ1) is 44.3. The summed E-state index contributed by atoms with van der Waals surface area (Å²) in [4.78, 5) is 3.32. The highest BCUT2D eigenvalue weighted by Gasteiger charge is 2.40. The first-order chi connectivity index (χ1) is 29.0. The standard InChI is InChI=1S/C21H19F4N3O.C19H13F4N3O.C4H8O/c1-2-28-18(13-4-3-5-15(12-13)20(26)10-11-20)17(22)19(27-28)29-16-8-6-14(7-9-16)21(23,24)25;1-3-26-17(12-5-4-6-14(11-12)24-2)16(20)18(25-26)27-15-9-7-13(8-10-15)19(21,22)23;1-2-4-5-3-1/h3-9,12H,2,10-11,26H2,1H3;4-11H,3H2,1H3;1-4H2. The number of ether oxygens (including phenoxy) is 3. The molecule has 2 N–H and O–H groups in total. The Labute approximate surface area is 346 Å². The number of hydrogen-bond donors (Lipinski definition) is 1. The van der Waals surface area contributed by atoms with Crippen molar-refractivity contribution in [3.8, 4) is 45.8 Å². The van der Waals surface area contributed by atoms with Crippen LogP contribution in [0.1, 0.15) is 56.2 Å². The number of nitrogens with two attached hydrogens (primary N) is 1. The molecule has 0 atom stereocenters. The molecule has 0 bridgehead atoms. The van der Waals surface area contributed by atoms with Crippen LogP contribution < -0.4 is 15.2 Å². The van der Waals surface area contributed by atoms with Crippen molar-refractivity contribution in [3.63, 3.8) is 0 Å². The van der Waals surface area contributed by atoms with Crippen LogP contribution in [0.25, 0.3) is 27.4 Å². The first-order valence-electron chi connectivity index (χ1n) is 19.2. The van der Waals surface area contributed by atoms with Crippen molar-refractivity contribution in [3.05, 3.63) is 137 Å². The van der Waals surface area contributed by atoms with Crippen LogP contribution in [0, 0.1) is 18.2 Å². The predicted molar refractivity (Wildman–Crippen MR) is 211 cm³/mol. The van der Waals surface area contributed by atoms with Crippen molar-refractivity contribution in [2.45, 2.75) is 70.5 Å². The van der Waals surface area contributed by atoms with Gasteiger partial charge in [0.2, 0.25) is 11.6 Å². The minimum atomic E-state index is -4.46. The number of nitrogens with zero attached hydrogens (tertiary/aromatic N) is 5. The topological polar surface area (TPSA) is 93.7 Å². The van der Waals surface area contributed by atoms with Gasteiger partial charge in [-0.3, -0.25) is 9.36 Å². The lowest BCUT2D eigenvalue weighted by atomic mass is 10.0. The molecular weight excluding hydrogens is 813 g/mol.